The number of halogens is 3. The first-order chi connectivity index (χ1) is 14.6. The highest BCUT2D eigenvalue weighted by atomic mass is 19.4. The molecule has 31 heavy (non-hydrogen) atoms. The molecule has 0 aliphatic carbocycles. The second-order valence-corrected chi connectivity index (χ2v) is 7.21. The molecular formula is C20H22F3N5O3. The van der Waals surface area contributed by atoms with E-state index in [9.17, 15) is 18.0 Å². The van der Waals surface area contributed by atoms with Crippen LogP contribution in [-0.2, 0) is 17.8 Å². The number of ether oxygens (including phenoxy) is 1. The zero-order valence-corrected chi connectivity index (χ0v) is 17.0. The van der Waals surface area contributed by atoms with Gasteiger partial charge in [0.05, 0.1) is 30.8 Å². The third kappa shape index (κ3) is 6.14. The van der Waals surface area contributed by atoms with Gasteiger partial charge in [-0.3, -0.25) is 14.5 Å². The van der Waals surface area contributed by atoms with E-state index < -0.39 is 12.8 Å². The van der Waals surface area contributed by atoms with Crippen molar-refractivity contribution in [2.75, 3.05) is 13.2 Å². The number of hydrogen-bond donors (Lipinski definition) is 2. The first-order valence-electron chi connectivity index (χ1n) is 9.51. The molecular weight excluding hydrogens is 415 g/mol. The maximum Gasteiger partial charge on any atom is 0.422 e. The Morgan fingerprint density at radius 2 is 2.13 bits per heavy atom. The summed E-state index contributed by atoms with van der Waals surface area (Å²) >= 11 is 0. The summed E-state index contributed by atoms with van der Waals surface area (Å²) in [4.78, 5) is 20.4. The summed E-state index contributed by atoms with van der Waals surface area (Å²) in [5.41, 5.74) is 2.42. The number of rotatable bonds is 8. The minimum Gasteiger partial charge on any atom is -0.468 e. The van der Waals surface area contributed by atoms with Crippen LogP contribution in [0.25, 0.3) is 10.9 Å². The quantitative estimate of drug-likeness (QED) is 0.560. The highest BCUT2D eigenvalue weighted by Gasteiger charge is 2.29. The van der Waals surface area contributed by atoms with Gasteiger partial charge < -0.3 is 15.2 Å². The van der Waals surface area contributed by atoms with E-state index in [4.69, 9.17) is 9.84 Å². The van der Waals surface area contributed by atoms with Crippen molar-refractivity contribution in [2.24, 2.45) is 0 Å². The van der Waals surface area contributed by atoms with Crippen molar-refractivity contribution in [3.63, 3.8) is 0 Å². The number of amides is 1. The number of aliphatic hydroxyl groups excluding tert-OH is 1. The number of pyridine rings is 2. The number of fused-ring (bicyclic) bond motifs is 1. The van der Waals surface area contributed by atoms with Gasteiger partial charge in [0.15, 0.2) is 6.61 Å². The molecule has 0 aliphatic heterocycles. The first-order valence-corrected chi connectivity index (χ1v) is 9.51. The van der Waals surface area contributed by atoms with Crippen LogP contribution in [0.2, 0.25) is 0 Å². The van der Waals surface area contributed by atoms with Gasteiger partial charge in [0.1, 0.15) is 0 Å². The van der Waals surface area contributed by atoms with Crippen molar-refractivity contribution in [3.05, 3.63) is 47.5 Å². The van der Waals surface area contributed by atoms with Crippen molar-refractivity contribution >= 4 is 16.8 Å². The SMILES string of the molecule is Cc1cc(Cn2cc3c(CC(=O)N[C@H](C)CO)nccc3n2)cnc1OCC(F)(F)F. The van der Waals surface area contributed by atoms with Crippen molar-refractivity contribution < 1.29 is 27.8 Å². The predicted molar refractivity (Wildman–Crippen MR) is 106 cm³/mol. The fourth-order valence-corrected chi connectivity index (χ4v) is 2.99. The normalized spacial score (nSPS) is 12.7. The Balaban J connectivity index is 1.74. The molecule has 166 valence electrons. The van der Waals surface area contributed by atoms with E-state index in [1.54, 1.807) is 43.1 Å². The molecule has 0 saturated carbocycles. The minimum atomic E-state index is -4.43. The maximum atomic E-state index is 12.3. The molecule has 3 aromatic heterocycles. The maximum absolute atomic E-state index is 12.3. The van der Waals surface area contributed by atoms with Gasteiger partial charge in [-0.15, -0.1) is 0 Å². The number of carbonyl (C=O) groups excluding carboxylic acids is 1. The molecule has 3 rings (SSSR count). The lowest BCUT2D eigenvalue weighted by atomic mass is 10.2. The molecule has 1 amide bonds. The van der Waals surface area contributed by atoms with Gasteiger partial charge >= 0.3 is 6.18 Å². The summed E-state index contributed by atoms with van der Waals surface area (Å²) in [6, 6.07) is 3.06. The Morgan fingerprint density at radius 3 is 2.81 bits per heavy atom. The molecule has 0 saturated heterocycles. The zero-order valence-electron chi connectivity index (χ0n) is 17.0. The van der Waals surface area contributed by atoms with E-state index in [2.05, 4.69) is 20.4 Å². The predicted octanol–water partition coefficient (Wildman–Crippen LogP) is 2.16. The number of carbonyl (C=O) groups is 1. The van der Waals surface area contributed by atoms with Crippen LogP contribution in [0.15, 0.2) is 30.7 Å². The highest BCUT2D eigenvalue weighted by Crippen LogP contribution is 2.21. The lowest BCUT2D eigenvalue weighted by Gasteiger charge is -2.11. The van der Waals surface area contributed by atoms with Crippen LogP contribution in [0, 0.1) is 6.92 Å². The fourth-order valence-electron chi connectivity index (χ4n) is 2.99. The minimum absolute atomic E-state index is 0.0410. The molecule has 0 unspecified atom stereocenters. The van der Waals surface area contributed by atoms with Crippen molar-refractivity contribution in [2.45, 2.75) is 39.0 Å². The molecule has 11 heteroatoms. The zero-order chi connectivity index (χ0) is 22.6. The number of nitrogens with one attached hydrogen (secondary N) is 1. The smallest absolute Gasteiger partial charge is 0.422 e. The Kier molecular flexibility index (Phi) is 6.74. The summed E-state index contributed by atoms with van der Waals surface area (Å²) in [7, 11) is 0. The summed E-state index contributed by atoms with van der Waals surface area (Å²) in [5.74, 6) is -0.329. The molecule has 0 bridgehead atoms. The molecule has 0 spiro atoms. The molecule has 0 aliphatic rings. The monoisotopic (exact) mass is 437 g/mol. The van der Waals surface area contributed by atoms with Gasteiger partial charge in [-0.05, 0) is 31.5 Å². The molecule has 2 N–H and O–H groups in total. The second kappa shape index (κ2) is 9.29. The number of aryl methyl sites for hydroxylation is 1. The fraction of sp³-hybridized carbons (Fsp3) is 0.400. The Morgan fingerprint density at radius 1 is 1.35 bits per heavy atom. The second-order valence-electron chi connectivity index (χ2n) is 7.21. The number of aliphatic hydroxyl groups is 1. The third-order valence-electron chi connectivity index (χ3n) is 4.38. The standard InChI is InChI=1S/C20H22F3N5O3/c1-12-5-14(7-25-19(12)31-11-20(21,22)23)8-28-9-15-16(27-28)3-4-24-17(15)6-18(30)26-13(2)10-29/h3-5,7,9,13,29H,6,8,10-11H2,1-2H3,(H,26,30)/t13-/m1/s1. The Hall–Kier alpha value is -3.21. The van der Waals surface area contributed by atoms with E-state index in [1.807, 2.05) is 0 Å². The lowest BCUT2D eigenvalue weighted by molar-refractivity contribution is -0.154. The lowest BCUT2D eigenvalue weighted by Crippen LogP contribution is -2.36. The molecule has 8 nitrogen and oxygen atoms in total. The van der Waals surface area contributed by atoms with Crippen LogP contribution >= 0.6 is 0 Å². The average Bonchev–Trinajstić information content (AvgIpc) is 3.10. The number of alkyl halides is 3. The summed E-state index contributed by atoms with van der Waals surface area (Å²) in [5, 5.41) is 16.9. The molecule has 3 heterocycles. The van der Waals surface area contributed by atoms with E-state index in [0.717, 1.165) is 5.56 Å². The molecule has 3 aromatic rings. The van der Waals surface area contributed by atoms with Crippen molar-refractivity contribution in [1.29, 1.82) is 0 Å². The summed E-state index contributed by atoms with van der Waals surface area (Å²) < 4.78 is 43.4. The van der Waals surface area contributed by atoms with Gasteiger partial charge in [-0.1, -0.05) is 0 Å². The van der Waals surface area contributed by atoms with Crippen LogP contribution in [0.5, 0.6) is 5.88 Å². The van der Waals surface area contributed by atoms with Gasteiger partial charge in [0.2, 0.25) is 11.8 Å². The van der Waals surface area contributed by atoms with E-state index in [0.29, 0.717) is 28.7 Å². The van der Waals surface area contributed by atoms with E-state index in [-0.39, 0.29) is 30.9 Å². The number of nitrogens with zero attached hydrogens (tertiary/aromatic N) is 4. The van der Waals surface area contributed by atoms with E-state index >= 15 is 0 Å². The van der Waals surface area contributed by atoms with Crippen LogP contribution in [0.4, 0.5) is 13.2 Å². The van der Waals surface area contributed by atoms with Crippen molar-refractivity contribution in [1.82, 2.24) is 25.1 Å². The van der Waals surface area contributed by atoms with E-state index in [1.165, 1.54) is 6.20 Å². The molecule has 1 atom stereocenters. The van der Waals surface area contributed by atoms with Gasteiger partial charge in [0, 0.05) is 35.6 Å². The highest BCUT2D eigenvalue weighted by molar-refractivity contribution is 5.86. The number of aromatic nitrogens is 4. The van der Waals surface area contributed by atoms with Crippen LogP contribution in [0.1, 0.15) is 23.7 Å². The largest absolute Gasteiger partial charge is 0.468 e. The van der Waals surface area contributed by atoms with Crippen LogP contribution in [-0.4, -0.2) is 56.2 Å². The Bertz CT molecular complexity index is 1070. The average molecular weight is 437 g/mol. The topological polar surface area (TPSA) is 102 Å². The molecule has 0 radical (unpaired) electrons. The summed E-state index contributed by atoms with van der Waals surface area (Å²) in [6.07, 6.45) is 0.369. The van der Waals surface area contributed by atoms with Gasteiger partial charge in [-0.2, -0.15) is 18.3 Å². The van der Waals surface area contributed by atoms with Crippen LogP contribution in [0.3, 0.4) is 0 Å². The van der Waals surface area contributed by atoms with Crippen molar-refractivity contribution in [3.8, 4) is 5.88 Å². The first kappa shape index (κ1) is 22.5. The number of hydrogen-bond acceptors (Lipinski definition) is 6. The van der Waals surface area contributed by atoms with Gasteiger partial charge in [-0.25, -0.2) is 4.98 Å². The summed E-state index contributed by atoms with van der Waals surface area (Å²) in [6.45, 7) is 2.09. The molecule has 0 aromatic carbocycles. The van der Waals surface area contributed by atoms with Gasteiger partial charge in [0.25, 0.3) is 0 Å². The third-order valence-corrected chi connectivity index (χ3v) is 4.38. The Labute approximate surface area is 176 Å². The molecule has 0 fully saturated rings. The van der Waals surface area contributed by atoms with Crippen LogP contribution < -0.4 is 10.1 Å².